The molecule has 0 aliphatic carbocycles. The summed E-state index contributed by atoms with van der Waals surface area (Å²) in [6, 6.07) is 82.6. The summed E-state index contributed by atoms with van der Waals surface area (Å²) in [6.07, 6.45) is 1.95. The van der Waals surface area contributed by atoms with E-state index < -0.39 is 0 Å². The molecule has 0 radical (unpaired) electrons. The zero-order valence-corrected chi connectivity index (χ0v) is 49.8. The molecule has 12 rings (SSSR count). The lowest BCUT2D eigenvalue weighted by Crippen LogP contribution is -2.27. The summed E-state index contributed by atoms with van der Waals surface area (Å²) in [5.74, 6) is 2.42. The summed E-state index contributed by atoms with van der Waals surface area (Å²) in [6.45, 7) is 28.4. The van der Waals surface area contributed by atoms with Crippen molar-refractivity contribution in [2.45, 2.75) is 110 Å². The van der Waals surface area contributed by atoms with Gasteiger partial charge in [-0.1, -0.05) is 223 Å². The van der Waals surface area contributed by atoms with Crippen molar-refractivity contribution in [1.29, 1.82) is 0 Å². The fourth-order valence-corrected chi connectivity index (χ4v) is 12.1. The van der Waals surface area contributed by atoms with Gasteiger partial charge in [0.15, 0.2) is 0 Å². The lowest BCUT2D eigenvalue weighted by atomic mass is 9.73. The van der Waals surface area contributed by atoms with Crippen LogP contribution in [0.15, 0.2) is 231 Å². The highest BCUT2D eigenvalue weighted by molar-refractivity contribution is 6.10. The molecule has 0 atom stereocenters. The Bertz CT molecular complexity index is 4070. The summed E-state index contributed by atoms with van der Waals surface area (Å²) in [4.78, 5) is 10.1. The van der Waals surface area contributed by atoms with Gasteiger partial charge in [0.1, 0.15) is 24.0 Å². The van der Waals surface area contributed by atoms with Gasteiger partial charge in [0.25, 0.3) is 0 Å². The Labute approximate surface area is 486 Å². The zero-order chi connectivity index (χ0) is 57.3. The van der Waals surface area contributed by atoms with Gasteiger partial charge < -0.3 is 14.5 Å². The largest absolute Gasteiger partial charge is 0.457 e. The van der Waals surface area contributed by atoms with E-state index in [0.717, 1.165) is 50.8 Å². The van der Waals surface area contributed by atoms with Crippen LogP contribution in [0.5, 0.6) is 11.5 Å². The minimum Gasteiger partial charge on any atom is -0.457 e. The number of fused-ring (bicyclic) bond motifs is 4. The van der Waals surface area contributed by atoms with Gasteiger partial charge >= 0.3 is 0 Å². The number of benzene rings is 9. The number of pyridine rings is 1. The van der Waals surface area contributed by atoms with E-state index in [9.17, 15) is 0 Å². The fraction of sp³-hybridized carbons (Fsp3) is 0.234. The molecule has 1 aliphatic rings. The number of ether oxygens (including phenoxy) is 1. The lowest BCUT2D eigenvalue weighted by Gasteiger charge is -2.33. The van der Waals surface area contributed by atoms with Crippen molar-refractivity contribution in [3.63, 3.8) is 0 Å². The maximum absolute atomic E-state index is 7.21. The second-order valence-electron chi connectivity index (χ2n) is 26.3. The molecule has 0 unspecified atom stereocenters. The second kappa shape index (κ2) is 20.4. The fourth-order valence-electron chi connectivity index (χ4n) is 12.1. The molecular weight excluding hydrogens is 997 g/mol. The monoisotopic (exact) mass is 1070 g/mol. The predicted octanol–water partition coefficient (Wildman–Crippen LogP) is 20.5. The molecule has 0 saturated heterocycles. The van der Waals surface area contributed by atoms with Crippen LogP contribution in [-0.4, -0.2) is 16.2 Å². The smallest absolute Gasteiger partial charge is 0.137 e. The van der Waals surface area contributed by atoms with Gasteiger partial charge in [0, 0.05) is 56.7 Å². The minimum absolute atomic E-state index is 0.0551. The van der Waals surface area contributed by atoms with Crippen molar-refractivity contribution < 1.29 is 4.74 Å². The first kappa shape index (κ1) is 53.9. The molecule has 0 N–H and O–H groups in total. The van der Waals surface area contributed by atoms with E-state index in [0.29, 0.717) is 6.67 Å². The van der Waals surface area contributed by atoms with Crippen LogP contribution >= 0.6 is 0 Å². The van der Waals surface area contributed by atoms with Crippen molar-refractivity contribution in [1.82, 2.24) is 9.55 Å². The van der Waals surface area contributed by atoms with Gasteiger partial charge in [-0.2, -0.15) is 0 Å². The van der Waals surface area contributed by atoms with Crippen LogP contribution in [0, 0.1) is 0 Å². The van der Waals surface area contributed by atoms with E-state index in [-0.39, 0.29) is 27.1 Å². The Morgan fingerprint density at radius 1 is 0.341 bits per heavy atom. The standard InChI is InChI=1S/C77H76N4O/c1-73(2,3)57-39-40-78-72(48-57)81-68-37-33-53(52-25-17-13-18-26-52)41-67(68)66-36-35-64(50-70(66)81)82-65-46-59(74(4,5)6)43-63(49-65)79-51-80(71-47-58(34-38-69(71)79)75(7,8)54-27-19-14-20-28-54)62-44-60(76(9,10)55-29-21-15-22-30-55)42-61(45-62)77(11,12)56-31-23-16-24-32-56/h13-50H,51H2,1-12H3. The maximum atomic E-state index is 7.21. The molecule has 0 saturated carbocycles. The molecule has 5 nitrogen and oxygen atoms in total. The summed E-state index contributed by atoms with van der Waals surface area (Å²) in [5.41, 5.74) is 18.0. The number of hydrogen-bond donors (Lipinski definition) is 0. The molecule has 3 heterocycles. The van der Waals surface area contributed by atoms with Crippen LogP contribution < -0.4 is 14.5 Å². The predicted molar refractivity (Wildman–Crippen MR) is 346 cm³/mol. The summed E-state index contributed by atoms with van der Waals surface area (Å²) >= 11 is 0. The van der Waals surface area contributed by atoms with Gasteiger partial charge in [-0.3, -0.25) is 4.57 Å². The van der Waals surface area contributed by atoms with E-state index >= 15 is 0 Å². The van der Waals surface area contributed by atoms with E-state index in [1.807, 2.05) is 6.20 Å². The quantitative estimate of drug-likeness (QED) is 0.122. The summed E-state index contributed by atoms with van der Waals surface area (Å²) in [7, 11) is 0. The van der Waals surface area contributed by atoms with Crippen molar-refractivity contribution in [3.8, 4) is 28.4 Å². The molecular formula is C77H76N4O. The first-order valence-electron chi connectivity index (χ1n) is 29.1. The van der Waals surface area contributed by atoms with Gasteiger partial charge in [-0.05, 0) is 139 Å². The average molecular weight is 1070 g/mol. The highest BCUT2D eigenvalue weighted by Crippen LogP contribution is 2.51. The first-order chi connectivity index (χ1) is 39.1. The summed E-state index contributed by atoms with van der Waals surface area (Å²) in [5, 5.41) is 2.31. The number of anilines is 4. The molecule has 1 aliphatic heterocycles. The highest BCUT2D eigenvalue weighted by Gasteiger charge is 2.36. The van der Waals surface area contributed by atoms with Crippen molar-refractivity contribution in [2.24, 2.45) is 0 Å². The molecule has 5 heteroatoms. The highest BCUT2D eigenvalue weighted by atomic mass is 16.5. The molecule has 9 aromatic carbocycles. The van der Waals surface area contributed by atoms with E-state index in [1.54, 1.807) is 0 Å². The Morgan fingerprint density at radius 3 is 1.46 bits per heavy atom. The maximum Gasteiger partial charge on any atom is 0.137 e. The van der Waals surface area contributed by atoms with E-state index in [4.69, 9.17) is 9.72 Å². The number of aromatic nitrogens is 2. The molecule has 0 fully saturated rings. The third-order valence-electron chi connectivity index (χ3n) is 17.7. The van der Waals surface area contributed by atoms with Crippen LogP contribution in [-0.2, 0) is 27.1 Å². The van der Waals surface area contributed by atoms with Gasteiger partial charge in [-0.25, -0.2) is 4.98 Å². The topological polar surface area (TPSA) is 33.5 Å². The lowest BCUT2D eigenvalue weighted by molar-refractivity contribution is 0.479. The minimum atomic E-state index is -0.291. The Morgan fingerprint density at radius 2 is 0.878 bits per heavy atom. The van der Waals surface area contributed by atoms with E-state index in [1.165, 1.54) is 66.7 Å². The molecule has 410 valence electrons. The van der Waals surface area contributed by atoms with Crippen molar-refractivity contribution in [3.05, 3.63) is 275 Å². The first-order valence-corrected chi connectivity index (χ1v) is 29.1. The molecule has 11 aromatic rings. The third kappa shape index (κ3) is 9.95. The van der Waals surface area contributed by atoms with Crippen LogP contribution in [0.1, 0.15) is 128 Å². The van der Waals surface area contributed by atoms with Gasteiger partial charge in [0.05, 0.1) is 22.4 Å². The van der Waals surface area contributed by atoms with Crippen LogP contribution in [0.4, 0.5) is 22.7 Å². The Balaban J connectivity index is 1.01. The Hall–Kier alpha value is -8.67. The number of nitrogens with zero attached hydrogens (tertiary/aromatic N) is 4. The van der Waals surface area contributed by atoms with Crippen molar-refractivity contribution in [2.75, 3.05) is 16.5 Å². The van der Waals surface area contributed by atoms with Crippen LogP contribution in [0.2, 0.25) is 0 Å². The molecule has 0 amide bonds. The normalized spacial score (nSPS) is 13.3. The SMILES string of the molecule is CC(C)(C)c1cc(Oc2ccc3c4cc(-c5ccccc5)ccc4n(-c4cc(C(C)(C)C)ccn4)c3c2)cc(N2CN(c3cc(C(C)(C)c4ccccc4)cc(C(C)(C)c4ccccc4)c3)c3cc(C(C)(C)c4ccccc4)ccc32)c1. The molecule has 82 heavy (non-hydrogen) atoms. The average Bonchev–Trinajstić information content (AvgIpc) is 2.45. The second-order valence-corrected chi connectivity index (χ2v) is 26.3. The van der Waals surface area contributed by atoms with E-state index in [2.05, 4.69) is 322 Å². The zero-order valence-electron chi connectivity index (χ0n) is 49.8. The third-order valence-corrected chi connectivity index (χ3v) is 17.7. The number of hydrogen-bond acceptors (Lipinski definition) is 4. The van der Waals surface area contributed by atoms with Crippen LogP contribution in [0.25, 0.3) is 38.8 Å². The van der Waals surface area contributed by atoms with Gasteiger partial charge in [-0.15, -0.1) is 0 Å². The van der Waals surface area contributed by atoms with Crippen LogP contribution in [0.3, 0.4) is 0 Å². The molecule has 0 bridgehead atoms. The Kier molecular flexibility index (Phi) is 13.4. The van der Waals surface area contributed by atoms with Crippen molar-refractivity contribution >= 4 is 44.6 Å². The summed E-state index contributed by atoms with van der Waals surface area (Å²) < 4.78 is 9.52. The number of rotatable bonds is 12. The molecule has 2 aromatic heterocycles. The molecule has 0 spiro atoms. The van der Waals surface area contributed by atoms with Gasteiger partial charge in [0.2, 0.25) is 0 Å².